The second kappa shape index (κ2) is 5.82. The number of aromatic nitrogens is 1. The van der Waals surface area contributed by atoms with E-state index in [2.05, 4.69) is 10.0 Å². The van der Waals surface area contributed by atoms with Crippen molar-refractivity contribution in [1.29, 1.82) is 0 Å². The van der Waals surface area contributed by atoms with Crippen LogP contribution in [0.5, 0.6) is 0 Å². The van der Waals surface area contributed by atoms with E-state index in [1.165, 1.54) is 0 Å². The molecule has 2 aromatic rings. The lowest BCUT2D eigenvalue weighted by molar-refractivity contribution is -0.0193. The van der Waals surface area contributed by atoms with Gasteiger partial charge in [0.15, 0.2) is 0 Å². The van der Waals surface area contributed by atoms with Crippen LogP contribution in [0.3, 0.4) is 0 Å². The Kier molecular flexibility index (Phi) is 3.86. The zero-order valence-electron chi connectivity index (χ0n) is 14.1. The van der Waals surface area contributed by atoms with E-state index in [1.54, 1.807) is 6.20 Å². The first-order valence-electron chi connectivity index (χ1n) is 8.29. The van der Waals surface area contributed by atoms with E-state index >= 15 is 0 Å². The molecule has 1 aromatic heterocycles. The van der Waals surface area contributed by atoms with Crippen LogP contribution in [-0.4, -0.2) is 49.9 Å². The highest BCUT2D eigenvalue weighted by Crippen LogP contribution is 2.39. The van der Waals surface area contributed by atoms with Crippen molar-refractivity contribution in [3.63, 3.8) is 0 Å². The first kappa shape index (κ1) is 16.6. The summed E-state index contributed by atoms with van der Waals surface area (Å²) in [6.07, 6.45) is 3.60. The van der Waals surface area contributed by atoms with Crippen LogP contribution in [0.25, 0.3) is 10.9 Å². The van der Waals surface area contributed by atoms with Crippen LogP contribution in [0, 0.1) is 5.92 Å². The van der Waals surface area contributed by atoms with Gasteiger partial charge in [0.1, 0.15) is 0 Å². The fourth-order valence-corrected chi connectivity index (χ4v) is 4.82. The molecule has 2 aliphatic rings. The van der Waals surface area contributed by atoms with Gasteiger partial charge >= 0.3 is 0 Å². The van der Waals surface area contributed by atoms with Crippen molar-refractivity contribution in [2.24, 2.45) is 13.0 Å². The van der Waals surface area contributed by atoms with E-state index < -0.39 is 16.1 Å². The SMILES string of the molecule is Cn1cc(C(=O)N[C@H]2[C@H]3CCO[C@H]3[C@@H]2NS(C)(=O)=O)c2ccccc21. The van der Waals surface area contributed by atoms with Gasteiger partial charge in [0.05, 0.1) is 30.0 Å². The average Bonchev–Trinajstić information content (AvgIpc) is 3.12. The minimum Gasteiger partial charge on any atom is -0.376 e. The van der Waals surface area contributed by atoms with Gasteiger partial charge in [-0.25, -0.2) is 13.1 Å². The topological polar surface area (TPSA) is 89.4 Å². The summed E-state index contributed by atoms with van der Waals surface area (Å²) < 4.78 is 33.4. The fourth-order valence-electron chi connectivity index (χ4n) is 4.04. The van der Waals surface area contributed by atoms with Crippen molar-refractivity contribution >= 4 is 26.8 Å². The van der Waals surface area contributed by atoms with Gasteiger partial charge in [0, 0.05) is 36.7 Å². The minimum absolute atomic E-state index is 0.151. The highest BCUT2D eigenvalue weighted by molar-refractivity contribution is 7.88. The molecule has 0 radical (unpaired) electrons. The number of sulfonamides is 1. The number of nitrogens with one attached hydrogen (secondary N) is 2. The summed E-state index contributed by atoms with van der Waals surface area (Å²) in [7, 11) is -1.47. The summed E-state index contributed by atoms with van der Waals surface area (Å²) in [4.78, 5) is 12.8. The monoisotopic (exact) mass is 363 g/mol. The third-order valence-corrected chi connectivity index (χ3v) is 5.88. The van der Waals surface area contributed by atoms with Crippen molar-refractivity contribution in [3.05, 3.63) is 36.0 Å². The Bertz CT molecular complexity index is 937. The maximum atomic E-state index is 12.8. The lowest BCUT2D eigenvalue weighted by Gasteiger charge is -2.47. The molecular formula is C17H21N3O4S. The molecule has 1 aliphatic heterocycles. The maximum Gasteiger partial charge on any atom is 0.253 e. The zero-order chi connectivity index (χ0) is 17.8. The predicted molar refractivity (Wildman–Crippen MR) is 93.8 cm³/mol. The number of fused-ring (bicyclic) bond motifs is 2. The molecule has 2 fully saturated rings. The first-order valence-corrected chi connectivity index (χ1v) is 10.2. The van der Waals surface area contributed by atoms with Crippen LogP contribution in [0.2, 0.25) is 0 Å². The summed E-state index contributed by atoms with van der Waals surface area (Å²) in [6.45, 7) is 0.595. The molecule has 2 N–H and O–H groups in total. The minimum atomic E-state index is -3.37. The van der Waals surface area contributed by atoms with Crippen LogP contribution in [0.1, 0.15) is 16.8 Å². The van der Waals surface area contributed by atoms with Gasteiger partial charge < -0.3 is 14.6 Å². The molecule has 8 heteroatoms. The van der Waals surface area contributed by atoms with Crippen molar-refractivity contribution in [1.82, 2.24) is 14.6 Å². The fraction of sp³-hybridized carbons (Fsp3) is 0.471. The number of hydrogen-bond acceptors (Lipinski definition) is 4. The Morgan fingerprint density at radius 2 is 2.04 bits per heavy atom. The second-order valence-corrected chi connectivity index (χ2v) is 8.65. The van der Waals surface area contributed by atoms with Gasteiger partial charge in [-0.1, -0.05) is 18.2 Å². The molecular weight excluding hydrogens is 342 g/mol. The summed E-state index contributed by atoms with van der Waals surface area (Å²) in [5, 5.41) is 3.91. The maximum absolute atomic E-state index is 12.8. The van der Waals surface area contributed by atoms with Crippen molar-refractivity contribution in [3.8, 4) is 0 Å². The Balaban J connectivity index is 1.58. The quantitative estimate of drug-likeness (QED) is 0.833. The van der Waals surface area contributed by atoms with Crippen LogP contribution in [-0.2, 0) is 21.8 Å². The number of rotatable bonds is 4. The number of hydrogen-bond donors (Lipinski definition) is 2. The lowest BCUT2D eigenvalue weighted by Crippen LogP contribution is -2.70. The van der Waals surface area contributed by atoms with Gasteiger partial charge in [0.25, 0.3) is 5.91 Å². The summed E-state index contributed by atoms with van der Waals surface area (Å²) >= 11 is 0. The van der Waals surface area contributed by atoms with E-state index in [9.17, 15) is 13.2 Å². The molecule has 2 heterocycles. The molecule has 4 rings (SSSR count). The van der Waals surface area contributed by atoms with Gasteiger partial charge in [0.2, 0.25) is 10.0 Å². The molecule has 1 aliphatic carbocycles. The third kappa shape index (κ3) is 2.84. The number of nitrogens with zero attached hydrogens (tertiary/aromatic N) is 1. The van der Waals surface area contributed by atoms with E-state index in [0.29, 0.717) is 12.2 Å². The Hall–Kier alpha value is -1.90. The van der Waals surface area contributed by atoms with Crippen LogP contribution in [0.4, 0.5) is 0 Å². The molecule has 0 unspecified atom stereocenters. The number of carbonyl (C=O) groups is 1. The smallest absolute Gasteiger partial charge is 0.253 e. The largest absolute Gasteiger partial charge is 0.376 e. The normalized spacial score (nSPS) is 28.6. The van der Waals surface area contributed by atoms with Gasteiger partial charge in [-0.2, -0.15) is 0 Å². The molecule has 25 heavy (non-hydrogen) atoms. The molecule has 1 aromatic carbocycles. The van der Waals surface area contributed by atoms with Gasteiger partial charge in [-0.05, 0) is 12.5 Å². The number of carbonyl (C=O) groups excluding carboxylic acids is 1. The lowest BCUT2D eigenvalue weighted by atomic mass is 9.72. The zero-order valence-corrected chi connectivity index (χ0v) is 14.9. The molecule has 1 saturated carbocycles. The summed E-state index contributed by atoms with van der Waals surface area (Å²) in [5.74, 6) is -0.0365. The van der Waals surface area contributed by atoms with Crippen LogP contribution < -0.4 is 10.0 Å². The number of amides is 1. The molecule has 0 bridgehead atoms. The standard InChI is InChI=1S/C17H21N3O4S/c1-20-9-12(10-5-3-4-6-13(10)20)17(21)18-14-11-7-8-24-16(11)15(14)19-25(2,22)23/h3-6,9,11,14-16,19H,7-8H2,1-2H3,(H,18,21)/t11-,14+,15-,16-/m1/s1. The molecule has 4 atom stereocenters. The van der Waals surface area contributed by atoms with Gasteiger partial charge in [-0.3, -0.25) is 4.79 Å². The molecule has 1 amide bonds. The Labute approximate surface area is 146 Å². The second-order valence-electron chi connectivity index (χ2n) is 6.87. The summed E-state index contributed by atoms with van der Waals surface area (Å²) in [5.41, 5.74) is 1.58. The van der Waals surface area contributed by atoms with Gasteiger partial charge in [-0.15, -0.1) is 0 Å². The molecule has 134 valence electrons. The average molecular weight is 363 g/mol. The highest BCUT2D eigenvalue weighted by Gasteiger charge is 2.55. The van der Waals surface area contributed by atoms with Crippen molar-refractivity contribution in [2.75, 3.05) is 12.9 Å². The number of aryl methyl sites for hydroxylation is 1. The number of ether oxygens (including phenoxy) is 1. The molecule has 1 saturated heterocycles. The predicted octanol–water partition coefficient (Wildman–Crippen LogP) is 0.613. The highest BCUT2D eigenvalue weighted by atomic mass is 32.2. The molecule has 7 nitrogen and oxygen atoms in total. The van der Waals surface area contributed by atoms with Crippen molar-refractivity contribution < 1.29 is 17.9 Å². The molecule has 0 spiro atoms. The third-order valence-electron chi connectivity index (χ3n) is 5.18. The van der Waals surface area contributed by atoms with E-state index in [1.807, 2.05) is 35.9 Å². The first-order chi connectivity index (χ1) is 11.8. The summed E-state index contributed by atoms with van der Waals surface area (Å²) in [6, 6.07) is 7.04. The van der Waals surface area contributed by atoms with E-state index in [0.717, 1.165) is 23.6 Å². The van der Waals surface area contributed by atoms with E-state index in [4.69, 9.17) is 4.74 Å². The number of benzene rings is 1. The Morgan fingerprint density at radius 3 is 2.80 bits per heavy atom. The number of para-hydroxylation sites is 1. The van der Waals surface area contributed by atoms with Crippen LogP contribution >= 0.6 is 0 Å². The van der Waals surface area contributed by atoms with Crippen LogP contribution in [0.15, 0.2) is 30.5 Å². The van der Waals surface area contributed by atoms with E-state index in [-0.39, 0.29) is 24.0 Å². The Morgan fingerprint density at radius 1 is 1.28 bits per heavy atom. The van der Waals surface area contributed by atoms with Crippen molar-refractivity contribution in [2.45, 2.75) is 24.6 Å².